The van der Waals surface area contributed by atoms with E-state index in [1.807, 2.05) is 6.92 Å². The molecule has 0 bridgehead atoms. The molecule has 1 aromatic carbocycles. The summed E-state index contributed by atoms with van der Waals surface area (Å²) in [4.78, 5) is 0. The highest BCUT2D eigenvalue weighted by Gasteiger charge is 2.35. The van der Waals surface area contributed by atoms with Gasteiger partial charge in [-0.05, 0) is 27.7 Å². The van der Waals surface area contributed by atoms with Crippen molar-refractivity contribution in [2.75, 3.05) is 19.6 Å². The molecule has 0 fully saturated rings. The van der Waals surface area contributed by atoms with E-state index in [-0.39, 0.29) is 22.6 Å². The Labute approximate surface area is 127 Å². The lowest BCUT2D eigenvalue weighted by Gasteiger charge is -2.36. The van der Waals surface area contributed by atoms with E-state index in [0.717, 1.165) is 11.0 Å². The predicted octanol–water partition coefficient (Wildman–Crippen LogP) is 0.706. The fourth-order valence-electron chi connectivity index (χ4n) is 2.51. The third-order valence-corrected chi connectivity index (χ3v) is 4.43. The summed E-state index contributed by atoms with van der Waals surface area (Å²) in [5.74, 6) is 0. The third kappa shape index (κ3) is 3.42. The molecule has 0 radical (unpaired) electrons. The maximum absolute atomic E-state index is 4.08. The number of rotatable bonds is 6. The van der Waals surface area contributed by atoms with Crippen LogP contribution < -0.4 is 17.0 Å². The molecule has 2 rings (SSSR count). The van der Waals surface area contributed by atoms with Gasteiger partial charge in [-0.25, -0.2) is 0 Å². The molecule has 4 heteroatoms. The summed E-state index contributed by atoms with van der Waals surface area (Å²) in [6, 6.07) is 8.81. The van der Waals surface area contributed by atoms with Crippen LogP contribution in [0.15, 0.2) is 34.5 Å². The van der Waals surface area contributed by atoms with E-state index in [0.29, 0.717) is 0 Å². The van der Waals surface area contributed by atoms with Gasteiger partial charge in [0, 0.05) is 11.1 Å². The summed E-state index contributed by atoms with van der Waals surface area (Å²) < 4.78 is 1.16. The standard InChI is InChI=1S/C15H24N3.BrH/c1-5-18(6-2,7-3)12-13-8-10-14(11-9-13)15(4)16-17-15;/h8-11H,5-7,12H2,1-4H3;1H/q+1;/p-1. The minimum Gasteiger partial charge on any atom is -1.00 e. The Bertz CT molecular complexity index is 421. The average Bonchev–Trinajstić information content (AvgIpc) is 3.16. The summed E-state index contributed by atoms with van der Waals surface area (Å²) >= 11 is 0. The van der Waals surface area contributed by atoms with Crippen LogP contribution in [0.4, 0.5) is 0 Å². The lowest BCUT2D eigenvalue weighted by Crippen LogP contribution is -3.00. The molecule has 0 saturated heterocycles. The Balaban J connectivity index is 0.00000180. The predicted molar refractivity (Wildman–Crippen MR) is 74.2 cm³/mol. The number of hydrogen-bond acceptors (Lipinski definition) is 2. The summed E-state index contributed by atoms with van der Waals surface area (Å²) in [7, 11) is 0. The van der Waals surface area contributed by atoms with Crippen LogP contribution in [-0.4, -0.2) is 24.1 Å². The van der Waals surface area contributed by atoms with E-state index in [9.17, 15) is 0 Å². The van der Waals surface area contributed by atoms with Crippen molar-refractivity contribution in [1.82, 2.24) is 0 Å². The second-order valence-corrected chi connectivity index (χ2v) is 5.37. The Morgan fingerprint density at radius 2 is 1.42 bits per heavy atom. The Hall–Kier alpha value is -0.740. The van der Waals surface area contributed by atoms with Crippen molar-refractivity contribution in [3.63, 3.8) is 0 Å². The number of nitrogens with zero attached hydrogens (tertiary/aromatic N) is 3. The van der Waals surface area contributed by atoms with E-state index < -0.39 is 0 Å². The molecule has 0 N–H and O–H groups in total. The molecule has 0 spiro atoms. The SMILES string of the molecule is CC[N+](CC)(CC)Cc1ccc(C2(C)N=N2)cc1.[Br-]. The van der Waals surface area contributed by atoms with Crippen molar-refractivity contribution in [3.05, 3.63) is 35.4 Å². The first-order valence-electron chi connectivity index (χ1n) is 6.96. The lowest BCUT2D eigenvalue weighted by molar-refractivity contribution is -0.936. The van der Waals surface area contributed by atoms with Crippen molar-refractivity contribution in [3.8, 4) is 0 Å². The number of halogens is 1. The average molecular weight is 326 g/mol. The van der Waals surface area contributed by atoms with Gasteiger partial charge in [0.15, 0.2) is 0 Å². The molecule has 0 unspecified atom stereocenters. The van der Waals surface area contributed by atoms with Gasteiger partial charge in [-0.2, -0.15) is 10.2 Å². The second kappa shape index (κ2) is 6.14. The minimum atomic E-state index is -0.245. The van der Waals surface area contributed by atoms with Gasteiger partial charge < -0.3 is 21.5 Å². The molecular formula is C15H24BrN3. The molecule has 106 valence electrons. The largest absolute Gasteiger partial charge is 1.00 e. The van der Waals surface area contributed by atoms with Crippen LogP contribution in [0.3, 0.4) is 0 Å². The Morgan fingerprint density at radius 3 is 1.79 bits per heavy atom. The van der Waals surface area contributed by atoms with E-state index in [1.165, 1.54) is 30.8 Å². The monoisotopic (exact) mass is 325 g/mol. The molecule has 1 aliphatic heterocycles. The number of benzene rings is 1. The molecule has 19 heavy (non-hydrogen) atoms. The maximum Gasteiger partial charge on any atom is 0.213 e. The summed E-state index contributed by atoms with van der Waals surface area (Å²) in [6.45, 7) is 13.6. The van der Waals surface area contributed by atoms with Gasteiger partial charge in [-0.3, -0.25) is 0 Å². The molecule has 1 aliphatic rings. The van der Waals surface area contributed by atoms with Crippen LogP contribution in [0.5, 0.6) is 0 Å². The van der Waals surface area contributed by atoms with E-state index >= 15 is 0 Å². The normalized spacial score (nSPS) is 16.0. The number of hydrogen-bond donors (Lipinski definition) is 0. The molecule has 0 saturated carbocycles. The molecule has 0 aromatic heterocycles. The smallest absolute Gasteiger partial charge is 0.213 e. The molecule has 0 atom stereocenters. The molecule has 0 amide bonds. The lowest BCUT2D eigenvalue weighted by atomic mass is 10.0. The van der Waals surface area contributed by atoms with Gasteiger partial charge in [0.2, 0.25) is 5.66 Å². The fraction of sp³-hybridized carbons (Fsp3) is 0.600. The minimum absolute atomic E-state index is 0. The molecule has 1 heterocycles. The van der Waals surface area contributed by atoms with Crippen molar-refractivity contribution < 1.29 is 21.5 Å². The van der Waals surface area contributed by atoms with Gasteiger partial charge in [0.1, 0.15) is 6.54 Å². The van der Waals surface area contributed by atoms with Crippen LogP contribution >= 0.6 is 0 Å². The fourth-order valence-corrected chi connectivity index (χ4v) is 2.51. The first-order valence-corrected chi connectivity index (χ1v) is 6.96. The van der Waals surface area contributed by atoms with Crippen molar-refractivity contribution in [1.29, 1.82) is 0 Å². The van der Waals surface area contributed by atoms with Gasteiger partial charge in [0.05, 0.1) is 19.6 Å². The van der Waals surface area contributed by atoms with Crippen LogP contribution in [0.25, 0.3) is 0 Å². The van der Waals surface area contributed by atoms with Gasteiger partial charge in [-0.15, -0.1) is 0 Å². The molecular weight excluding hydrogens is 302 g/mol. The van der Waals surface area contributed by atoms with Crippen molar-refractivity contribution in [2.45, 2.75) is 39.9 Å². The zero-order chi connectivity index (χ0) is 13.2. The van der Waals surface area contributed by atoms with Crippen LogP contribution in [0, 0.1) is 0 Å². The number of quaternary nitrogens is 1. The van der Waals surface area contributed by atoms with E-state index in [2.05, 4.69) is 55.3 Å². The topological polar surface area (TPSA) is 24.7 Å². The Morgan fingerprint density at radius 1 is 0.947 bits per heavy atom. The van der Waals surface area contributed by atoms with Crippen molar-refractivity contribution >= 4 is 0 Å². The quantitative estimate of drug-likeness (QED) is 0.688. The Kier molecular flexibility index (Phi) is 5.27. The van der Waals surface area contributed by atoms with Crippen LogP contribution in [0.2, 0.25) is 0 Å². The van der Waals surface area contributed by atoms with E-state index in [1.54, 1.807) is 0 Å². The van der Waals surface area contributed by atoms with Crippen LogP contribution in [-0.2, 0) is 12.2 Å². The second-order valence-electron chi connectivity index (χ2n) is 5.37. The first-order chi connectivity index (χ1) is 8.57. The van der Waals surface area contributed by atoms with Gasteiger partial charge in [-0.1, -0.05) is 24.3 Å². The molecule has 0 aliphatic carbocycles. The van der Waals surface area contributed by atoms with Crippen molar-refractivity contribution in [2.24, 2.45) is 10.2 Å². The van der Waals surface area contributed by atoms with Crippen LogP contribution in [0.1, 0.15) is 38.8 Å². The zero-order valence-corrected chi connectivity index (χ0v) is 13.9. The third-order valence-electron chi connectivity index (χ3n) is 4.43. The summed E-state index contributed by atoms with van der Waals surface area (Å²) in [5.41, 5.74) is 2.37. The summed E-state index contributed by atoms with van der Waals surface area (Å²) in [6.07, 6.45) is 0. The summed E-state index contributed by atoms with van der Waals surface area (Å²) in [5, 5.41) is 8.16. The van der Waals surface area contributed by atoms with Gasteiger partial charge in [0.25, 0.3) is 0 Å². The highest BCUT2D eigenvalue weighted by molar-refractivity contribution is 5.29. The van der Waals surface area contributed by atoms with Gasteiger partial charge >= 0.3 is 0 Å². The van der Waals surface area contributed by atoms with E-state index in [4.69, 9.17) is 0 Å². The molecule has 1 aromatic rings. The molecule has 3 nitrogen and oxygen atoms in total. The first kappa shape index (κ1) is 16.3. The highest BCUT2D eigenvalue weighted by Crippen LogP contribution is 2.38. The zero-order valence-electron chi connectivity index (χ0n) is 12.4. The highest BCUT2D eigenvalue weighted by atomic mass is 79.9. The maximum atomic E-state index is 4.08.